The summed E-state index contributed by atoms with van der Waals surface area (Å²) < 4.78 is 11.6. The second-order valence-electron chi connectivity index (χ2n) is 6.48. The number of ether oxygens (including phenoxy) is 2. The van der Waals surface area contributed by atoms with Crippen LogP contribution in [0.3, 0.4) is 0 Å². The number of benzene rings is 2. The van der Waals surface area contributed by atoms with Crippen molar-refractivity contribution < 1.29 is 19.1 Å². The van der Waals surface area contributed by atoms with Crippen molar-refractivity contribution in [2.24, 2.45) is 0 Å². The molecule has 3 heterocycles. The van der Waals surface area contributed by atoms with E-state index in [2.05, 4.69) is 0 Å². The van der Waals surface area contributed by atoms with Crippen LogP contribution in [0.5, 0.6) is 11.5 Å². The molecule has 0 saturated carbocycles. The van der Waals surface area contributed by atoms with Gasteiger partial charge in [0.2, 0.25) is 6.79 Å². The molecule has 3 aliphatic heterocycles. The zero-order chi connectivity index (χ0) is 19.1. The first-order valence-corrected chi connectivity index (χ1v) is 10.5. The Bertz CT molecular complexity index is 1050. The Morgan fingerprint density at radius 2 is 1.75 bits per heavy atom. The molecule has 7 heteroatoms. The number of rotatable bonds is 2. The molecule has 5 rings (SSSR count). The fraction of sp³-hybridized carbons (Fsp3) is 0.143. The number of Topliss-reactive ketones (excluding diaryl/α,β-unsaturated/α-hetero) is 2. The number of thioether (sulfide) groups is 2. The number of hydrogen-bond acceptors (Lipinski definition) is 7. The summed E-state index contributed by atoms with van der Waals surface area (Å²) in [6, 6.07) is 13.2. The van der Waals surface area contributed by atoms with Gasteiger partial charge in [-0.2, -0.15) is 0 Å². The van der Waals surface area contributed by atoms with E-state index in [9.17, 15) is 9.59 Å². The van der Waals surface area contributed by atoms with Gasteiger partial charge in [-0.25, -0.2) is 0 Å². The molecule has 0 fully saturated rings. The first-order chi connectivity index (χ1) is 13.7. The first-order valence-electron chi connectivity index (χ1n) is 8.74. The number of hydrogen-bond donors (Lipinski definition) is 0. The molecule has 5 nitrogen and oxygen atoms in total. The van der Waals surface area contributed by atoms with E-state index < -0.39 is 0 Å². The van der Waals surface area contributed by atoms with Crippen molar-refractivity contribution in [2.45, 2.75) is 6.54 Å². The highest BCUT2D eigenvalue weighted by Crippen LogP contribution is 2.42. The number of carbonyl (C=O) groups is 2. The number of ketones is 2. The molecule has 0 bridgehead atoms. The van der Waals surface area contributed by atoms with Crippen molar-refractivity contribution in [1.82, 2.24) is 0 Å². The molecule has 0 N–H and O–H groups in total. The Morgan fingerprint density at radius 3 is 2.61 bits per heavy atom. The normalized spacial score (nSPS) is 17.9. The molecule has 28 heavy (non-hydrogen) atoms. The van der Waals surface area contributed by atoms with Gasteiger partial charge in [0.05, 0.1) is 16.4 Å². The van der Waals surface area contributed by atoms with E-state index in [1.54, 1.807) is 6.07 Å². The van der Waals surface area contributed by atoms with Crippen molar-refractivity contribution in [1.29, 1.82) is 0 Å². The van der Waals surface area contributed by atoms with Gasteiger partial charge in [0.15, 0.2) is 23.1 Å². The summed E-state index contributed by atoms with van der Waals surface area (Å²) in [5, 5.41) is 3.80. The molecule has 0 spiro atoms. The largest absolute Gasteiger partial charge is 0.454 e. The molecular weight excluding hydrogens is 394 g/mol. The molecule has 0 atom stereocenters. The van der Waals surface area contributed by atoms with Gasteiger partial charge in [-0.15, -0.1) is 0 Å². The highest BCUT2D eigenvalue weighted by molar-refractivity contribution is 8.27. The number of nitrogens with zero attached hydrogens (tertiary/aromatic N) is 1. The Hall–Kier alpha value is -2.64. The van der Waals surface area contributed by atoms with Crippen molar-refractivity contribution in [3.8, 4) is 11.5 Å². The lowest BCUT2D eigenvalue weighted by Gasteiger charge is -2.23. The van der Waals surface area contributed by atoms with Crippen molar-refractivity contribution >= 4 is 40.8 Å². The van der Waals surface area contributed by atoms with Crippen LogP contribution >= 0.6 is 23.5 Å². The third kappa shape index (κ3) is 3.00. The van der Waals surface area contributed by atoms with Crippen LogP contribution in [0.15, 0.2) is 63.1 Å². The summed E-state index contributed by atoms with van der Waals surface area (Å²) in [5.74, 6) is 1.07. The van der Waals surface area contributed by atoms with E-state index >= 15 is 0 Å². The van der Waals surface area contributed by atoms with Gasteiger partial charge in [-0.1, -0.05) is 41.7 Å². The zero-order valence-corrected chi connectivity index (χ0v) is 16.3. The number of carbonyl (C=O) groups excluding carboxylic acids is 2. The maximum atomic E-state index is 13.2. The lowest BCUT2D eigenvalue weighted by molar-refractivity contribution is -0.114. The highest BCUT2D eigenvalue weighted by atomic mass is 32.2. The van der Waals surface area contributed by atoms with Crippen LogP contribution in [0.25, 0.3) is 0 Å². The summed E-state index contributed by atoms with van der Waals surface area (Å²) in [5.41, 5.74) is 2.61. The van der Waals surface area contributed by atoms with Gasteiger partial charge in [-0.05, 0) is 40.6 Å². The number of fused-ring (bicyclic) bond motifs is 2. The van der Waals surface area contributed by atoms with Crippen LogP contribution in [0.1, 0.15) is 15.9 Å². The van der Waals surface area contributed by atoms with Crippen molar-refractivity contribution in [2.75, 3.05) is 18.2 Å². The van der Waals surface area contributed by atoms with Gasteiger partial charge in [0, 0.05) is 17.8 Å². The fourth-order valence-electron chi connectivity index (χ4n) is 3.47. The highest BCUT2D eigenvalue weighted by Gasteiger charge is 2.33. The standard InChI is InChI=1S/C21H15NO4S2/c23-16-11-22(10-13-5-6-17-18(9-13)26-12-25-17)15-4-2-1-3-14(15)20(24)19(16)21-27-7-8-28-21/h1-9H,10-12H2. The van der Waals surface area contributed by atoms with Gasteiger partial charge < -0.3 is 14.4 Å². The lowest BCUT2D eigenvalue weighted by Crippen LogP contribution is -2.29. The van der Waals surface area contributed by atoms with Gasteiger partial charge in [0.25, 0.3) is 0 Å². The lowest BCUT2D eigenvalue weighted by atomic mass is 10.0. The minimum Gasteiger partial charge on any atom is -0.454 e. The van der Waals surface area contributed by atoms with Crippen LogP contribution in [0, 0.1) is 0 Å². The zero-order valence-electron chi connectivity index (χ0n) is 14.7. The number of para-hydroxylation sites is 1. The third-order valence-electron chi connectivity index (χ3n) is 4.75. The second-order valence-corrected chi connectivity index (χ2v) is 8.57. The number of anilines is 1. The van der Waals surface area contributed by atoms with Crippen LogP contribution in [-0.2, 0) is 11.3 Å². The molecular formula is C21H15NO4S2. The molecule has 0 saturated heterocycles. The summed E-state index contributed by atoms with van der Waals surface area (Å²) in [6.07, 6.45) is 0. The topological polar surface area (TPSA) is 55.8 Å². The minimum absolute atomic E-state index is 0.150. The molecule has 0 amide bonds. The Balaban J connectivity index is 1.54. The quantitative estimate of drug-likeness (QED) is 0.540. The van der Waals surface area contributed by atoms with Crippen molar-refractivity contribution in [3.05, 3.63) is 74.2 Å². The van der Waals surface area contributed by atoms with Crippen LogP contribution < -0.4 is 14.4 Å². The maximum Gasteiger partial charge on any atom is 0.231 e. The van der Waals surface area contributed by atoms with Crippen LogP contribution in [0.4, 0.5) is 5.69 Å². The predicted molar refractivity (Wildman–Crippen MR) is 111 cm³/mol. The summed E-state index contributed by atoms with van der Waals surface area (Å²) in [7, 11) is 0. The van der Waals surface area contributed by atoms with E-state index in [1.165, 1.54) is 23.5 Å². The summed E-state index contributed by atoms with van der Waals surface area (Å²) >= 11 is 2.86. The molecule has 0 radical (unpaired) electrons. The second kappa shape index (κ2) is 7.07. The molecule has 3 aliphatic rings. The smallest absolute Gasteiger partial charge is 0.231 e. The van der Waals surface area contributed by atoms with Crippen LogP contribution in [-0.4, -0.2) is 24.9 Å². The molecule has 0 aliphatic carbocycles. The van der Waals surface area contributed by atoms with Gasteiger partial charge in [-0.3, -0.25) is 9.59 Å². The van der Waals surface area contributed by atoms with Gasteiger partial charge >= 0.3 is 0 Å². The SMILES string of the molecule is O=C1CN(Cc2ccc3c(c2)OCO3)c2ccccc2C(=O)C1=C1SC=CS1. The monoisotopic (exact) mass is 409 g/mol. The third-order valence-corrected chi connectivity index (χ3v) is 6.88. The summed E-state index contributed by atoms with van der Waals surface area (Å²) in [6.45, 7) is 0.865. The van der Waals surface area contributed by atoms with E-state index in [-0.39, 0.29) is 24.9 Å². The first kappa shape index (κ1) is 17.5. The average molecular weight is 409 g/mol. The van der Waals surface area contributed by atoms with E-state index in [1.807, 2.05) is 52.1 Å². The maximum absolute atomic E-state index is 13.2. The molecule has 0 aromatic heterocycles. The van der Waals surface area contributed by atoms with E-state index in [0.717, 1.165) is 21.2 Å². The van der Waals surface area contributed by atoms with E-state index in [0.29, 0.717) is 23.4 Å². The van der Waals surface area contributed by atoms with Gasteiger partial charge in [0.1, 0.15) is 0 Å². The Morgan fingerprint density at radius 1 is 0.964 bits per heavy atom. The summed E-state index contributed by atoms with van der Waals surface area (Å²) in [4.78, 5) is 28.2. The average Bonchev–Trinajstić information content (AvgIpc) is 3.37. The van der Waals surface area contributed by atoms with Crippen molar-refractivity contribution in [3.63, 3.8) is 0 Å². The minimum atomic E-state index is -0.201. The fourth-order valence-corrected chi connectivity index (χ4v) is 5.37. The molecule has 2 aromatic rings. The molecule has 140 valence electrons. The Labute approximate surface area is 170 Å². The van der Waals surface area contributed by atoms with Crippen LogP contribution in [0.2, 0.25) is 0 Å². The van der Waals surface area contributed by atoms with E-state index in [4.69, 9.17) is 9.47 Å². The molecule has 0 unspecified atom stereocenters. The Kier molecular flexibility index (Phi) is 4.41. The predicted octanol–water partition coefficient (Wildman–Crippen LogP) is 4.35. The molecule has 2 aromatic carbocycles.